The Hall–Kier alpha value is -8.34. The fourth-order valence-electron chi connectivity index (χ4n) is 11.3. The highest BCUT2D eigenvalue weighted by atomic mass is 16.3. The molecule has 2 aliphatic rings. The van der Waals surface area contributed by atoms with Gasteiger partial charge in [0, 0.05) is 49.5 Å². The number of hydrogen-bond donors (Lipinski definition) is 0. The van der Waals surface area contributed by atoms with Crippen LogP contribution in [0.15, 0.2) is 221 Å². The van der Waals surface area contributed by atoms with E-state index in [2.05, 4.69) is 201 Å². The minimum atomic E-state index is -0.251. The molecule has 0 saturated carbocycles. The average Bonchev–Trinajstić information content (AvgIpc) is 4.09. The summed E-state index contributed by atoms with van der Waals surface area (Å²) < 4.78 is 8.72. The number of aromatic nitrogens is 1. The Balaban J connectivity index is 0.988. The lowest BCUT2D eigenvalue weighted by atomic mass is 9.82. The molecule has 67 heavy (non-hydrogen) atoms. The highest BCUT2D eigenvalue weighted by Crippen LogP contribution is 2.51. The molecular weight excluding hydrogens is 815 g/mol. The Morgan fingerprint density at radius 1 is 0.522 bits per heavy atom. The first kappa shape index (κ1) is 39.1. The molecule has 4 nitrogen and oxygen atoms in total. The molecule has 0 bridgehead atoms. The maximum Gasteiger partial charge on any atom is 0.141 e. The van der Waals surface area contributed by atoms with E-state index in [-0.39, 0.29) is 11.3 Å². The summed E-state index contributed by atoms with van der Waals surface area (Å²) >= 11 is 0. The van der Waals surface area contributed by atoms with Crippen LogP contribution in [0.4, 0.5) is 0 Å². The van der Waals surface area contributed by atoms with Crippen LogP contribution in [-0.2, 0) is 5.41 Å². The van der Waals surface area contributed by atoms with Gasteiger partial charge in [-0.05, 0) is 111 Å². The molecule has 318 valence electrons. The molecule has 1 atom stereocenters. The number of fused-ring (bicyclic) bond motifs is 12. The zero-order valence-electron chi connectivity index (χ0n) is 37.6. The molecule has 4 heteroatoms. The number of aliphatic imine (C=N–C) groups is 2. The molecule has 13 rings (SSSR count). The molecule has 0 fully saturated rings. The summed E-state index contributed by atoms with van der Waals surface area (Å²) in [6, 6.07) is 71.8. The molecule has 0 N–H and O–H groups in total. The zero-order chi connectivity index (χ0) is 45.0. The third-order valence-corrected chi connectivity index (χ3v) is 14.4. The third-order valence-electron chi connectivity index (χ3n) is 14.4. The van der Waals surface area contributed by atoms with E-state index in [0.29, 0.717) is 11.5 Å². The summed E-state index contributed by atoms with van der Waals surface area (Å²) in [7, 11) is 0. The quantitative estimate of drug-likeness (QED) is 0.121. The van der Waals surface area contributed by atoms with Crippen molar-refractivity contribution in [2.45, 2.75) is 32.1 Å². The largest absolute Gasteiger partial charge is 0.456 e. The topological polar surface area (TPSA) is 42.8 Å². The van der Waals surface area contributed by atoms with E-state index in [0.717, 1.165) is 50.0 Å². The maximum atomic E-state index is 6.35. The monoisotopic (exact) mass is 859 g/mol. The molecule has 0 amide bonds. The minimum absolute atomic E-state index is 0.135. The molecule has 9 aromatic carbocycles. The van der Waals surface area contributed by atoms with Crippen LogP contribution in [0.3, 0.4) is 0 Å². The second kappa shape index (κ2) is 14.8. The first-order valence-corrected chi connectivity index (χ1v) is 23.1. The van der Waals surface area contributed by atoms with Crippen LogP contribution >= 0.6 is 0 Å². The summed E-state index contributed by atoms with van der Waals surface area (Å²) in [4.78, 5) is 11.2. The number of nitrogens with zero attached hydrogens (tertiary/aromatic N) is 3. The van der Waals surface area contributed by atoms with E-state index < -0.39 is 0 Å². The van der Waals surface area contributed by atoms with Gasteiger partial charge >= 0.3 is 0 Å². The number of amidine groups is 1. The number of para-hydroxylation sites is 3. The van der Waals surface area contributed by atoms with Gasteiger partial charge < -0.3 is 8.98 Å². The first-order chi connectivity index (χ1) is 32.8. The van der Waals surface area contributed by atoms with E-state index in [1.54, 1.807) is 0 Å². The van der Waals surface area contributed by atoms with Gasteiger partial charge in [-0.3, -0.25) is 0 Å². The van der Waals surface area contributed by atoms with Gasteiger partial charge in [-0.25, -0.2) is 9.98 Å². The zero-order valence-corrected chi connectivity index (χ0v) is 37.6. The van der Waals surface area contributed by atoms with Crippen molar-refractivity contribution in [3.05, 3.63) is 240 Å². The van der Waals surface area contributed by atoms with Crippen LogP contribution in [0.1, 0.15) is 60.1 Å². The molecule has 0 spiro atoms. The van der Waals surface area contributed by atoms with Crippen molar-refractivity contribution in [3.63, 3.8) is 0 Å². The van der Waals surface area contributed by atoms with Crippen LogP contribution in [0.2, 0.25) is 0 Å². The van der Waals surface area contributed by atoms with Crippen LogP contribution < -0.4 is 0 Å². The first-order valence-electron chi connectivity index (χ1n) is 23.1. The van der Waals surface area contributed by atoms with Crippen LogP contribution in [0.5, 0.6) is 0 Å². The summed E-state index contributed by atoms with van der Waals surface area (Å²) in [5.41, 5.74) is 20.9. The molecule has 2 aromatic heterocycles. The van der Waals surface area contributed by atoms with Crippen molar-refractivity contribution in [3.8, 4) is 39.1 Å². The summed E-state index contributed by atoms with van der Waals surface area (Å²) in [5.74, 6) is 0.448. The SMILES string of the molecule is C=C(/N=C(\N=C(/C)c1cccc2c1-c1ccccc1C2(C)C)C1c2ccccc2-c2cc(-c3ccc4c(c3)c3ccccc3n4-c3ccccc3)ccc21)c1cccc2oc3ccccc3c12. The van der Waals surface area contributed by atoms with Crippen molar-refractivity contribution in [2.24, 2.45) is 9.98 Å². The van der Waals surface area contributed by atoms with E-state index in [1.165, 1.54) is 71.9 Å². The van der Waals surface area contributed by atoms with E-state index in [9.17, 15) is 0 Å². The van der Waals surface area contributed by atoms with Gasteiger partial charge in [0.05, 0.1) is 22.6 Å². The van der Waals surface area contributed by atoms with Gasteiger partial charge in [-0.15, -0.1) is 0 Å². The molecule has 0 aliphatic heterocycles. The molecule has 0 saturated heterocycles. The molecule has 11 aromatic rings. The molecule has 1 unspecified atom stereocenters. The third kappa shape index (κ3) is 5.92. The second-order valence-corrected chi connectivity index (χ2v) is 18.5. The van der Waals surface area contributed by atoms with Gasteiger partial charge in [-0.2, -0.15) is 0 Å². The Kier molecular flexibility index (Phi) is 8.66. The summed E-state index contributed by atoms with van der Waals surface area (Å²) in [6.45, 7) is 11.5. The average molecular weight is 860 g/mol. The van der Waals surface area contributed by atoms with Gasteiger partial charge in [0.25, 0.3) is 0 Å². The smallest absolute Gasteiger partial charge is 0.141 e. The number of benzene rings is 9. The Labute approximate surface area is 389 Å². The van der Waals surface area contributed by atoms with Gasteiger partial charge in [0.1, 0.15) is 17.0 Å². The standard InChI is InChI=1S/C63H45N3O/c1-38(43-25-16-28-54-59(43)49-23-10-13-27-53(49)63(54,3)4)64-62(65-39(2)44-26-17-31-58-60(44)50-24-12-15-30-57(50)67-58)61-47-22-9-8-20-45(47)51-36-40(32-34-48(51)61)41-33-35-56-52(37-41)46-21-11-14-29-55(46)66(56)42-18-6-5-7-19-42/h5-37,61H,2H2,1,3-4H3/b64-38+,65-62-. The predicted molar refractivity (Wildman–Crippen MR) is 280 cm³/mol. The van der Waals surface area contributed by atoms with Gasteiger partial charge in [-0.1, -0.05) is 172 Å². The lowest BCUT2D eigenvalue weighted by molar-refractivity contribution is 0.660. The van der Waals surface area contributed by atoms with Crippen molar-refractivity contribution in [1.29, 1.82) is 0 Å². The molecule has 2 aliphatic carbocycles. The van der Waals surface area contributed by atoms with Crippen molar-refractivity contribution < 1.29 is 4.42 Å². The van der Waals surface area contributed by atoms with Crippen LogP contribution in [-0.4, -0.2) is 16.1 Å². The van der Waals surface area contributed by atoms with Crippen molar-refractivity contribution in [1.82, 2.24) is 4.57 Å². The highest BCUT2D eigenvalue weighted by molar-refractivity contribution is 6.16. The summed E-state index contributed by atoms with van der Waals surface area (Å²) in [5, 5.41) is 4.51. The molecular formula is C63H45N3O. The fraction of sp³-hybridized carbons (Fsp3) is 0.0794. The second-order valence-electron chi connectivity index (χ2n) is 18.5. The van der Waals surface area contributed by atoms with Crippen molar-refractivity contribution >= 4 is 61.0 Å². The minimum Gasteiger partial charge on any atom is -0.456 e. The van der Waals surface area contributed by atoms with E-state index in [4.69, 9.17) is 21.0 Å². The maximum absolute atomic E-state index is 6.35. The van der Waals surface area contributed by atoms with E-state index in [1.807, 2.05) is 24.3 Å². The Morgan fingerprint density at radius 2 is 1.16 bits per heavy atom. The van der Waals surface area contributed by atoms with Gasteiger partial charge in [0.2, 0.25) is 0 Å². The van der Waals surface area contributed by atoms with Gasteiger partial charge in [0.15, 0.2) is 0 Å². The normalized spacial score (nSPS) is 15.0. The lowest BCUT2D eigenvalue weighted by Crippen LogP contribution is -2.15. The molecule has 0 radical (unpaired) electrons. The number of rotatable bonds is 6. The lowest BCUT2D eigenvalue weighted by Gasteiger charge is -2.21. The van der Waals surface area contributed by atoms with Crippen LogP contribution in [0, 0.1) is 0 Å². The van der Waals surface area contributed by atoms with Crippen LogP contribution in [0.25, 0.3) is 88.5 Å². The Bertz CT molecular complexity index is 3930. The summed E-state index contributed by atoms with van der Waals surface area (Å²) in [6.07, 6.45) is 0. The predicted octanol–water partition coefficient (Wildman–Crippen LogP) is 16.3. The fourth-order valence-corrected chi connectivity index (χ4v) is 11.3. The molecule has 2 heterocycles. The number of hydrogen-bond acceptors (Lipinski definition) is 2. The van der Waals surface area contributed by atoms with E-state index >= 15 is 0 Å². The Morgan fingerprint density at radius 3 is 2.04 bits per heavy atom. The van der Waals surface area contributed by atoms with Crippen molar-refractivity contribution in [2.75, 3.05) is 0 Å². The number of furan rings is 1. The highest BCUT2D eigenvalue weighted by Gasteiger charge is 2.38.